The molecule has 25 heavy (non-hydrogen) atoms. The number of nitrogens with zero attached hydrogens (tertiary/aromatic N) is 4. The molecule has 0 amide bonds. The van der Waals surface area contributed by atoms with Crippen molar-refractivity contribution in [3.05, 3.63) is 88.0 Å². The second kappa shape index (κ2) is 6.02. The normalized spacial score (nSPS) is 11.1. The van der Waals surface area contributed by atoms with E-state index in [0.29, 0.717) is 12.1 Å². The fraction of sp³-hybridized carbons (Fsp3) is 0.150. The average molecular weight is 330 g/mol. The zero-order chi connectivity index (χ0) is 17.4. The van der Waals surface area contributed by atoms with Crippen molar-refractivity contribution in [1.29, 1.82) is 0 Å². The molecule has 0 N–H and O–H groups in total. The van der Waals surface area contributed by atoms with Crippen LogP contribution in [0, 0.1) is 13.8 Å². The van der Waals surface area contributed by atoms with Crippen LogP contribution in [0.4, 0.5) is 0 Å². The number of para-hydroxylation sites is 1. The molecule has 0 atom stereocenters. The summed E-state index contributed by atoms with van der Waals surface area (Å²) in [6.45, 7) is 4.36. The van der Waals surface area contributed by atoms with Gasteiger partial charge in [-0.05, 0) is 31.0 Å². The van der Waals surface area contributed by atoms with Crippen LogP contribution in [0.1, 0.15) is 16.8 Å². The van der Waals surface area contributed by atoms with Gasteiger partial charge in [0.1, 0.15) is 5.52 Å². The van der Waals surface area contributed by atoms with Crippen LogP contribution in [0.2, 0.25) is 0 Å². The summed E-state index contributed by atoms with van der Waals surface area (Å²) in [6.07, 6.45) is 1.72. The zero-order valence-corrected chi connectivity index (χ0v) is 14.2. The van der Waals surface area contributed by atoms with Crippen LogP contribution in [0.5, 0.6) is 0 Å². The van der Waals surface area contributed by atoms with Crippen molar-refractivity contribution < 1.29 is 0 Å². The standard InChI is InChI=1S/C20H18N4O/c1-14-8-6-7-11-18(14)24-19-17(12-21-24)15(2)22-23(20(19)25)13-16-9-4-3-5-10-16/h3-12H,13H2,1-2H3. The molecular weight excluding hydrogens is 312 g/mol. The van der Waals surface area contributed by atoms with Gasteiger partial charge in [0.2, 0.25) is 0 Å². The highest BCUT2D eigenvalue weighted by Gasteiger charge is 2.16. The lowest BCUT2D eigenvalue weighted by Crippen LogP contribution is -2.26. The second-order valence-corrected chi connectivity index (χ2v) is 6.14. The van der Waals surface area contributed by atoms with Crippen LogP contribution in [0.15, 0.2) is 65.6 Å². The summed E-state index contributed by atoms with van der Waals surface area (Å²) in [5.41, 5.74) is 4.24. The predicted octanol–water partition coefficient (Wildman–Crippen LogP) is 3.25. The predicted molar refractivity (Wildman–Crippen MR) is 98.1 cm³/mol. The number of hydrogen-bond donors (Lipinski definition) is 0. The summed E-state index contributed by atoms with van der Waals surface area (Å²) in [5.74, 6) is 0. The maximum absolute atomic E-state index is 13.1. The Bertz CT molecular complexity index is 1110. The molecule has 4 aromatic rings. The minimum Gasteiger partial charge on any atom is -0.265 e. The van der Waals surface area contributed by atoms with Crippen molar-refractivity contribution in [3.63, 3.8) is 0 Å². The zero-order valence-electron chi connectivity index (χ0n) is 14.2. The lowest BCUT2D eigenvalue weighted by molar-refractivity contribution is 0.634. The Morgan fingerprint density at radius 2 is 1.68 bits per heavy atom. The average Bonchev–Trinajstić information content (AvgIpc) is 3.06. The molecule has 2 aromatic heterocycles. The Hall–Kier alpha value is -3.21. The Morgan fingerprint density at radius 1 is 0.960 bits per heavy atom. The van der Waals surface area contributed by atoms with E-state index in [1.165, 1.54) is 4.68 Å². The number of rotatable bonds is 3. The van der Waals surface area contributed by atoms with Gasteiger partial charge in [0.15, 0.2) is 0 Å². The van der Waals surface area contributed by atoms with Crippen molar-refractivity contribution in [2.24, 2.45) is 0 Å². The molecule has 0 aliphatic heterocycles. The smallest absolute Gasteiger partial charge is 0.265 e. The maximum Gasteiger partial charge on any atom is 0.293 e. The van der Waals surface area contributed by atoms with Gasteiger partial charge in [-0.2, -0.15) is 10.2 Å². The first-order valence-corrected chi connectivity index (χ1v) is 8.20. The SMILES string of the molecule is Cc1ccccc1-n1ncc2c(C)nn(Cc3ccccc3)c(=O)c21. The van der Waals surface area contributed by atoms with Crippen LogP contribution in [-0.4, -0.2) is 19.6 Å². The van der Waals surface area contributed by atoms with Gasteiger partial charge >= 0.3 is 0 Å². The van der Waals surface area contributed by atoms with E-state index < -0.39 is 0 Å². The molecule has 0 fully saturated rings. The third-order valence-electron chi connectivity index (χ3n) is 4.39. The molecule has 0 aliphatic carbocycles. The highest BCUT2D eigenvalue weighted by atomic mass is 16.1. The summed E-state index contributed by atoms with van der Waals surface area (Å²) in [6, 6.07) is 17.8. The third kappa shape index (κ3) is 2.63. The highest BCUT2D eigenvalue weighted by Crippen LogP contribution is 2.19. The molecule has 0 radical (unpaired) electrons. The molecule has 2 heterocycles. The Balaban J connectivity index is 1.94. The molecule has 5 heteroatoms. The Kier molecular flexibility index (Phi) is 3.69. The monoisotopic (exact) mass is 330 g/mol. The summed E-state index contributed by atoms with van der Waals surface area (Å²) >= 11 is 0. The van der Waals surface area contributed by atoms with E-state index in [-0.39, 0.29) is 5.56 Å². The molecule has 5 nitrogen and oxygen atoms in total. The first-order chi connectivity index (χ1) is 12.1. The fourth-order valence-corrected chi connectivity index (χ4v) is 3.07. The fourth-order valence-electron chi connectivity index (χ4n) is 3.07. The van der Waals surface area contributed by atoms with Crippen LogP contribution in [-0.2, 0) is 6.54 Å². The van der Waals surface area contributed by atoms with E-state index in [4.69, 9.17) is 0 Å². The van der Waals surface area contributed by atoms with E-state index in [2.05, 4.69) is 10.2 Å². The molecule has 0 bridgehead atoms. The molecule has 0 spiro atoms. The van der Waals surface area contributed by atoms with Crippen LogP contribution < -0.4 is 5.56 Å². The Morgan fingerprint density at radius 3 is 2.44 bits per heavy atom. The van der Waals surface area contributed by atoms with Crippen molar-refractivity contribution in [2.75, 3.05) is 0 Å². The van der Waals surface area contributed by atoms with Gasteiger partial charge in [0, 0.05) is 5.39 Å². The largest absolute Gasteiger partial charge is 0.293 e. The van der Waals surface area contributed by atoms with Crippen LogP contribution in [0.25, 0.3) is 16.6 Å². The number of hydrogen-bond acceptors (Lipinski definition) is 3. The van der Waals surface area contributed by atoms with E-state index in [9.17, 15) is 4.79 Å². The van der Waals surface area contributed by atoms with Crippen molar-refractivity contribution in [1.82, 2.24) is 19.6 Å². The van der Waals surface area contributed by atoms with Crippen molar-refractivity contribution >= 4 is 10.9 Å². The Labute approximate surface area is 145 Å². The summed E-state index contributed by atoms with van der Waals surface area (Å²) in [7, 11) is 0. The second-order valence-electron chi connectivity index (χ2n) is 6.14. The number of benzene rings is 2. The molecule has 124 valence electrons. The lowest BCUT2D eigenvalue weighted by atomic mass is 10.2. The van der Waals surface area contributed by atoms with E-state index in [0.717, 1.165) is 27.9 Å². The molecule has 4 rings (SSSR count). The van der Waals surface area contributed by atoms with E-state index in [1.807, 2.05) is 68.4 Å². The first-order valence-electron chi connectivity index (χ1n) is 8.20. The molecule has 0 saturated carbocycles. The van der Waals surface area contributed by atoms with E-state index in [1.54, 1.807) is 10.9 Å². The van der Waals surface area contributed by atoms with Crippen molar-refractivity contribution in [3.8, 4) is 5.69 Å². The van der Waals surface area contributed by atoms with Gasteiger partial charge in [-0.1, -0.05) is 48.5 Å². The van der Waals surface area contributed by atoms with Crippen LogP contribution >= 0.6 is 0 Å². The molecular formula is C20H18N4O. The molecule has 0 aliphatic rings. The summed E-state index contributed by atoms with van der Waals surface area (Å²) in [4.78, 5) is 13.1. The van der Waals surface area contributed by atoms with E-state index >= 15 is 0 Å². The summed E-state index contributed by atoms with van der Waals surface area (Å²) < 4.78 is 3.24. The summed E-state index contributed by atoms with van der Waals surface area (Å²) in [5, 5.41) is 9.73. The lowest BCUT2D eigenvalue weighted by Gasteiger charge is -2.10. The number of aromatic nitrogens is 4. The molecule has 0 saturated heterocycles. The van der Waals surface area contributed by atoms with Gasteiger partial charge in [0.05, 0.1) is 24.1 Å². The molecule has 0 unspecified atom stereocenters. The van der Waals surface area contributed by atoms with Gasteiger partial charge < -0.3 is 0 Å². The number of aryl methyl sites for hydroxylation is 2. The third-order valence-corrected chi connectivity index (χ3v) is 4.39. The van der Waals surface area contributed by atoms with Gasteiger partial charge in [0.25, 0.3) is 5.56 Å². The maximum atomic E-state index is 13.1. The molecule has 2 aromatic carbocycles. The van der Waals surface area contributed by atoms with Gasteiger partial charge in [-0.3, -0.25) is 4.79 Å². The highest BCUT2D eigenvalue weighted by molar-refractivity contribution is 5.81. The van der Waals surface area contributed by atoms with Gasteiger partial charge in [-0.15, -0.1) is 0 Å². The van der Waals surface area contributed by atoms with Crippen LogP contribution in [0.3, 0.4) is 0 Å². The van der Waals surface area contributed by atoms with Crippen molar-refractivity contribution in [2.45, 2.75) is 20.4 Å². The topological polar surface area (TPSA) is 52.7 Å². The minimum atomic E-state index is -0.134. The first kappa shape index (κ1) is 15.3. The number of fused-ring (bicyclic) bond motifs is 1. The minimum absolute atomic E-state index is 0.134. The quantitative estimate of drug-likeness (QED) is 0.579. The van der Waals surface area contributed by atoms with Gasteiger partial charge in [-0.25, -0.2) is 9.36 Å².